The molecule has 0 heterocycles. The van der Waals surface area contributed by atoms with Crippen LogP contribution in [0.4, 0.5) is 0 Å². The second-order valence-corrected chi connectivity index (χ2v) is 11.1. The lowest BCUT2D eigenvalue weighted by Crippen LogP contribution is -2.48. The van der Waals surface area contributed by atoms with Crippen molar-refractivity contribution in [3.63, 3.8) is 0 Å². The van der Waals surface area contributed by atoms with Gasteiger partial charge in [0.25, 0.3) is 0 Å². The van der Waals surface area contributed by atoms with E-state index in [1.54, 1.807) is 11.9 Å². The van der Waals surface area contributed by atoms with Gasteiger partial charge < -0.3 is 10.2 Å². The van der Waals surface area contributed by atoms with E-state index >= 15 is 0 Å². The molecule has 2 aromatic rings. The Bertz CT molecular complexity index is 884. The van der Waals surface area contributed by atoms with Crippen LogP contribution in [0.5, 0.6) is 0 Å². The average Bonchev–Trinajstić information content (AvgIpc) is 2.97. The Morgan fingerprint density at radius 3 is 1.56 bits per heavy atom. The van der Waals surface area contributed by atoms with E-state index < -0.39 is 6.04 Å². The minimum Gasteiger partial charge on any atom is -0.350 e. The second-order valence-electron chi connectivity index (χ2n) is 11.1. The van der Waals surface area contributed by atoms with Gasteiger partial charge in [0.2, 0.25) is 11.8 Å². The van der Waals surface area contributed by atoms with Gasteiger partial charge in [-0.1, -0.05) is 157 Å². The van der Waals surface area contributed by atoms with Gasteiger partial charge in [-0.25, -0.2) is 0 Å². The zero-order valence-electron chi connectivity index (χ0n) is 24.8. The van der Waals surface area contributed by atoms with Crippen molar-refractivity contribution >= 4 is 11.8 Å². The first kappa shape index (κ1) is 32.6. The van der Waals surface area contributed by atoms with Gasteiger partial charge in [-0.15, -0.1) is 0 Å². The molecule has 0 saturated heterocycles. The number of likely N-dealkylation sites (N-methyl/N-ethyl adjacent to an activating group) is 1. The van der Waals surface area contributed by atoms with Gasteiger partial charge in [-0.05, 0) is 17.5 Å². The van der Waals surface area contributed by atoms with Crippen molar-refractivity contribution in [2.45, 2.75) is 129 Å². The Morgan fingerprint density at radius 1 is 0.641 bits per heavy atom. The van der Waals surface area contributed by atoms with Gasteiger partial charge in [0.05, 0.1) is 0 Å². The van der Waals surface area contributed by atoms with Gasteiger partial charge in [-0.3, -0.25) is 9.59 Å². The fourth-order valence-corrected chi connectivity index (χ4v) is 5.14. The van der Waals surface area contributed by atoms with E-state index in [9.17, 15) is 9.59 Å². The highest BCUT2D eigenvalue weighted by molar-refractivity contribution is 5.87. The molecule has 1 atom stereocenters. The fraction of sp³-hybridized carbons (Fsp3) is 0.600. The highest BCUT2D eigenvalue weighted by atomic mass is 16.2. The molecule has 0 aliphatic heterocycles. The summed E-state index contributed by atoms with van der Waals surface area (Å²) in [7, 11) is 1.78. The molecule has 1 N–H and O–H groups in total. The summed E-state index contributed by atoms with van der Waals surface area (Å²) in [5, 5.41) is 3.04. The number of unbranched alkanes of at least 4 members (excludes halogenated alkanes) is 14. The third kappa shape index (κ3) is 14.9. The van der Waals surface area contributed by atoms with Crippen molar-refractivity contribution < 1.29 is 9.59 Å². The molecule has 4 nitrogen and oxygen atoms in total. The van der Waals surface area contributed by atoms with E-state index in [-0.39, 0.29) is 11.8 Å². The highest BCUT2D eigenvalue weighted by Crippen LogP contribution is 2.15. The van der Waals surface area contributed by atoms with E-state index in [0.29, 0.717) is 19.4 Å². The zero-order chi connectivity index (χ0) is 28.0. The SMILES string of the molecule is CCCCCCCCCCCCCCCCCC(=O)N(C)[C@H](Cc1ccccc1)C(=O)NCc1ccccc1. The first-order valence-electron chi connectivity index (χ1n) is 15.7. The first-order chi connectivity index (χ1) is 19.1. The van der Waals surface area contributed by atoms with Gasteiger partial charge in [0, 0.05) is 26.4 Å². The molecule has 0 aliphatic rings. The van der Waals surface area contributed by atoms with Crippen LogP contribution in [0, 0.1) is 0 Å². The summed E-state index contributed by atoms with van der Waals surface area (Å²) in [5.74, 6) is -0.0458. The molecule has 0 saturated carbocycles. The van der Waals surface area contributed by atoms with E-state index in [1.807, 2.05) is 60.7 Å². The molecule has 0 radical (unpaired) electrons. The summed E-state index contributed by atoms with van der Waals surface area (Å²) in [5.41, 5.74) is 2.11. The van der Waals surface area contributed by atoms with Crippen LogP contribution < -0.4 is 5.32 Å². The molecular weight excluding hydrogens is 480 g/mol. The zero-order valence-corrected chi connectivity index (χ0v) is 24.8. The lowest BCUT2D eigenvalue weighted by molar-refractivity contribution is -0.139. The number of nitrogens with one attached hydrogen (secondary N) is 1. The largest absolute Gasteiger partial charge is 0.350 e. The Morgan fingerprint density at radius 2 is 1.08 bits per heavy atom. The molecule has 2 rings (SSSR count). The topological polar surface area (TPSA) is 49.4 Å². The minimum atomic E-state index is -0.514. The van der Waals surface area contributed by atoms with E-state index in [1.165, 1.54) is 83.5 Å². The molecule has 39 heavy (non-hydrogen) atoms. The quantitative estimate of drug-likeness (QED) is 0.154. The predicted octanol–water partition coefficient (Wildman–Crippen LogP) is 8.63. The van der Waals surface area contributed by atoms with Gasteiger partial charge >= 0.3 is 0 Å². The van der Waals surface area contributed by atoms with Crippen LogP contribution in [0.1, 0.15) is 121 Å². The lowest BCUT2D eigenvalue weighted by atomic mass is 10.0. The van der Waals surface area contributed by atoms with Crippen molar-refractivity contribution in [3.05, 3.63) is 71.8 Å². The molecule has 4 heteroatoms. The standard InChI is InChI=1S/C35H54N2O2/c1-3-4-5-6-7-8-9-10-11-12-13-14-15-16-23-28-34(38)37(2)33(29-31-24-19-17-20-25-31)35(39)36-30-32-26-21-18-22-27-32/h17-22,24-27,33H,3-16,23,28-30H2,1-2H3,(H,36,39)/t33-/m1/s1. The molecule has 0 spiro atoms. The third-order valence-electron chi connectivity index (χ3n) is 7.74. The second kappa shape index (κ2) is 21.2. The molecule has 0 aromatic heterocycles. The normalized spacial score (nSPS) is 11.7. The predicted molar refractivity (Wildman–Crippen MR) is 165 cm³/mol. The molecule has 2 amide bonds. The van der Waals surface area contributed by atoms with Crippen molar-refractivity contribution in [3.8, 4) is 0 Å². The molecule has 0 fully saturated rings. The van der Waals surface area contributed by atoms with E-state index in [2.05, 4.69) is 12.2 Å². The Hall–Kier alpha value is -2.62. The Balaban J connectivity index is 1.63. The van der Waals surface area contributed by atoms with E-state index in [0.717, 1.165) is 24.0 Å². The molecule has 2 aromatic carbocycles. The van der Waals surface area contributed by atoms with Crippen molar-refractivity contribution in [1.82, 2.24) is 10.2 Å². The number of carbonyl (C=O) groups is 2. The van der Waals surface area contributed by atoms with Gasteiger partial charge in [0.15, 0.2) is 0 Å². The number of carbonyl (C=O) groups excluding carboxylic acids is 2. The number of amides is 2. The highest BCUT2D eigenvalue weighted by Gasteiger charge is 2.26. The van der Waals surface area contributed by atoms with Crippen LogP contribution in [0.3, 0.4) is 0 Å². The van der Waals surface area contributed by atoms with Crippen LogP contribution in [-0.4, -0.2) is 29.8 Å². The molecule has 0 bridgehead atoms. The maximum atomic E-state index is 13.2. The van der Waals surface area contributed by atoms with Crippen molar-refractivity contribution in [2.75, 3.05) is 7.05 Å². The van der Waals surface area contributed by atoms with Gasteiger partial charge in [0.1, 0.15) is 6.04 Å². The number of hydrogen-bond donors (Lipinski definition) is 1. The molecular formula is C35H54N2O2. The maximum Gasteiger partial charge on any atom is 0.243 e. The molecule has 0 unspecified atom stereocenters. The number of hydrogen-bond acceptors (Lipinski definition) is 2. The number of nitrogens with zero attached hydrogens (tertiary/aromatic N) is 1. The van der Waals surface area contributed by atoms with Crippen LogP contribution in [0.25, 0.3) is 0 Å². The summed E-state index contributed by atoms with van der Waals surface area (Å²) in [6, 6.07) is 19.3. The third-order valence-corrected chi connectivity index (χ3v) is 7.74. The monoisotopic (exact) mass is 534 g/mol. The van der Waals surface area contributed by atoms with Crippen molar-refractivity contribution in [2.24, 2.45) is 0 Å². The summed E-state index contributed by atoms with van der Waals surface area (Å²) in [4.78, 5) is 27.9. The summed E-state index contributed by atoms with van der Waals surface area (Å²) in [6.45, 7) is 2.74. The lowest BCUT2D eigenvalue weighted by Gasteiger charge is -2.28. The molecule has 0 aliphatic carbocycles. The van der Waals surface area contributed by atoms with E-state index in [4.69, 9.17) is 0 Å². The molecule has 216 valence electrons. The van der Waals surface area contributed by atoms with Crippen LogP contribution in [0.15, 0.2) is 60.7 Å². The maximum absolute atomic E-state index is 13.2. The smallest absolute Gasteiger partial charge is 0.243 e. The van der Waals surface area contributed by atoms with Crippen LogP contribution >= 0.6 is 0 Å². The van der Waals surface area contributed by atoms with Gasteiger partial charge in [-0.2, -0.15) is 0 Å². The first-order valence-corrected chi connectivity index (χ1v) is 15.7. The van der Waals surface area contributed by atoms with Crippen LogP contribution in [-0.2, 0) is 22.6 Å². The Labute approximate surface area is 239 Å². The minimum absolute atomic E-state index is 0.0560. The number of benzene rings is 2. The fourth-order valence-electron chi connectivity index (χ4n) is 5.14. The summed E-state index contributed by atoms with van der Waals surface area (Å²) in [6.07, 6.45) is 20.6. The summed E-state index contributed by atoms with van der Waals surface area (Å²) < 4.78 is 0. The van der Waals surface area contributed by atoms with Crippen LogP contribution in [0.2, 0.25) is 0 Å². The average molecular weight is 535 g/mol. The number of rotatable bonds is 22. The Kier molecular flexibility index (Phi) is 17.7. The van der Waals surface area contributed by atoms with Crippen molar-refractivity contribution in [1.29, 1.82) is 0 Å². The summed E-state index contributed by atoms with van der Waals surface area (Å²) >= 11 is 0.